The second-order valence-corrected chi connectivity index (χ2v) is 5.92. The van der Waals surface area contributed by atoms with Crippen LogP contribution in [-0.2, 0) is 11.3 Å². The number of nitrogens with zero attached hydrogens (tertiary/aromatic N) is 1. The first kappa shape index (κ1) is 13.6. The van der Waals surface area contributed by atoms with Crippen LogP contribution in [-0.4, -0.2) is 48.4 Å². The number of carbonyl (C=O) groups is 1. The van der Waals surface area contributed by atoms with E-state index < -0.39 is 6.09 Å². The molecule has 1 saturated heterocycles. The Labute approximate surface area is 114 Å². The molecule has 0 bridgehead atoms. The highest BCUT2D eigenvalue weighted by molar-refractivity contribution is 7.16. The van der Waals surface area contributed by atoms with Crippen molar-refractivity contribution < 1.29 is 14.6 Å². The molecule has 18 heavy (non-hydrogen) atoms. The summed E-state index contributed by atoms with van der Waals surface area (Å²) in [5.41, 5.74) is 0. The van der Waals surface area contributed by atoms with E-state index in [0.717, 1.165) is 24.0 Å². The Balaban J connectivity index is 1.81. The van der Waals surface area contributed by atoms with Crippen molar-refractivity contribution >= 4 is 29.0 Å². The van der Waals surface area contributed by atoms with Gasteiger partial charge in [0.15, 0.2) is 0 Å². The van der Waals surface area contributed by atoms with Crippen molar-refractivity contribution in [3.63, 3.8) is 0 Å². The number of rotatable bonds is 4. The molecule has 2 heterocycles. The molecule has 2 N–H and O–H groups in total. The highest BCUT2D eigenvalue weighted by Gasteiger charge is 2.21. The lowest BCUT2D eigenvalue weighted by Crippen LogP contribution is -2.46. The van der Waals surface area contributed by atoms with Gasteiger partial charge in [0.25, 0.3) is 0 Å². The van der Waals surface area contributed by atoms with E-state index in [1.54, 1.807) is 11.3 Å². The van der Waals surface area contributed by atoms with Crippen LogP contribution in [0.5, 0.6) is 0 Å². The molecular formula is C11H15ClN2O3S. The maximum atomic E-state index is 10.4. The molecule has 0 spiro atoms. The maximum Gasteiger partial charge on any atom is 0.404 e. The highest BCUT2D eigenvalue weighted by atomic mass is 35.5. The van der Waals surface area contributed by atoms with E-state index in [-0.39, 0.29) is 6.10 Å². The molecular weight excluding hydrogens is 276 g/mol. The summed E-state index contributed by atoms with van der Waals surface area (Å²) < 4.78 is 6.31. The van der Waals surface area contributed by atoms with Gasteiger partial charge in [-0.25, -0.2) is 4.79 Å². The topological polar surface area (TPSA) is 61.8 Å². The van der Waals surface area contributed by atoms with Crippen LogP contribution in [0.2, 0.25) is 4.34 Å². The van der Waals surface area contributed by atoms with E-state index in [1.165, 1.54) is 4.88 Å². The first-order valence-corrected chi connectivity index (χ1v) is 6.88. The summed E-state index contributed by atoms with van der Waals surface area (Å²) in [6.45, 7) is 3.39. The fourth-order valence-corrected chi connectivity index (χ4v) is 3.04. The van der Waals surface area contributed by atoms with Gasteiger partial charge in [0, 0.05) is 31.1 Å². The summed E-state index contributed by atoms with van der Waals surface area (Å²) in [5.74, 6) is 0. The minimum atomic E-state index is -1.01. The van der Waals surface area contributed by atoms with Crippen molar-refractivity contribution in [3.05, 3.63) is 21.3 Å². The van der Waals surface area contributed by atoms with E-state index in [2.05, 4.69) is 10.2 Å². The first-order chi connectivity index (χ1) is 8.63. The van der Waals surface area contributed by atoms with Crippen LogP contribution in [0.3, 0.4) is 0 Å². The minimum absolute atomic E-state index is 0.0784. The van der Waals surface area contributed by atoms with Gasteiger partial charge in [-0.05, 0) is 12.1 Å². The number of morpholine rings is 1. The van der Waals surface area contributed by atoms with Crippen LogP contribution in [0.15, 0.2) is 12.1 Å². The third-order valence-electron chi connectivity index (χ3n) is 2.71. The second-order valence-electron chi connectivity index (χ2n) is 4.12. The van der Waals surface area contributed by atoms with E-state index >= 15 is 0 Å². The molecule has 0 aliphatic carbocycles. The van der Waals surface area contributed by atoms with Crippen LogP contribution < -0.4 is 5.32 Å². The number of hydrogen-bond acceptors (Lipinski definition) is 4. The second kappa shape index (κ2) is 6.38. The zero-order valence-electron chi connectivity index (χ0n) is 9.76. The van der Waals surface area contributed by atoms with Crippen molar-refractivity contribution in [2.24, 2.45) is 0 Å². The molecule has 1 aliphatic rings. The van der Waals surface area contributed by atoms with Gasteiger partial charge in [0.2, 0.25) is 0 Å². The number of carboxylic acid groups (broad SMARTS) is 1. The number of thiophene rings is 1. The van der Waals surface area contributed by atoms with Gasteiger partial charge < -0.3 is 15.2 Å². The van der Waals surface area contributed by atoms with E-state index in [4.69, 9.17) is 21.4 Å². The molecule has 1 fully saturated rings. The molecule has 0 unspecified atom stereocenters. The summed E-state index contributed by atoms with van der Waals surface area (Å²) in [7, 11) is 0. The van der Waals surface area contributed by atoms with Gasteiger partial charge in [0.05, 0.1) is 17.0 Å². The normalized spacial score (nSPS) is 20.8. The van der Waals surface area contributed by atoms with Crippen LogP contribution in [0.4, 0.5) is 4.79 Å². The average Bonchev–Trinajstić information content (AvgIpc) is 2.73. The van der Waals surface area contributed by atoms with Crippen molar-refractivity contribution in [3.8, 4) is 0 Å². The molecule has 1 aromatic heterocycles. The number of hydrogen-bond donors (Lipinski definition) is 2. The Hall–Kier alpha value is -0.820. The van der Waals surface area contributed by atoms with Crippen LogP contribution in [0, 0.1) is 0 Å². The monoisotopic (exact) mass is 290 g/mol. The molecule has 100 valence electrons. The minimum Gasteiger partial charge on any atom is -0.465 e. The Kier molecular flexibility index (Phi) is 4.82. The smallest absolute Gasteiger partial charge is 0.404 e. The van der Waals surface area contributed by atoms with Gasteiger partial charge in [0.1, 0.15) is 0 Å². The molecule has 5 nitrogen and oxygen atoms in total. The van der Waals surface area contributed by atoms with Gasteiger partial charge >= 0.3 is 6.09 Å². The molecule has 1 aromatic rings. The van der Waals surface area contributed by atoms with Crippen molar-refractivity contribution in [1.29, 1.82) is 0 Å². The molecule has 1 aliphatic heterocycles. The lowest BCUT2D eigenvalue weighted by molar-refractivity contribution is -0.0290. The third kappa shape index (κ3) is 4.13. The van der Waals surface area contributed by atoms with E-state index in [1.807, 2.05) is 12.1 Å². The van der Waals surface area contributed by atoms with Crippen LogP contribution in [0.1, 0.15) is 4.88 Å². The van der Waals surface area contributed by atoms with Gasteiger partial charge in [-0.1, -0.05) is 11.6 Å². The average molecular weight is 291 g/mol. The van der Waals surface area contributed by atoms with Gasteiger partial charge in [-0.3, -0.25) is 4.90 Å². The summed E-state index contributed by atoms with van der Waals surface area (Å²) in [5, 5.41) is 10.9. The highest BCUT2D eigenvalue weighted by Crippen LogP contribution is 2.23. The molecule has 1 amide bonds. The predicted octanol–water partition coefficient (Wildman–Crippen LogP) is 1.87. The number of halogens is 1. The summed E-state index contributed by atoms with van der Waals surface area (Å²) in [4.78, 5) is 13.9. The number of amides is 1. The van der Waals surface area contributed by atoms with Crippen molar-refractivity contribution in [2.75, 3.05) is 26.2 Å². The SMILES string of the molecule is O=C(O)NC[C@H]1CN(Cc2ccc(Cl)s2)CCO1. The third-order valence-corrected chi connectivity index (χ3v) is 3.93. The Bertz CT molecular complexity index is 413. The molecule has 0 aromatic carbocycles. The maximum absolute atomic E-state index is 10.4. The zero-order chi connectivity index (χ0) is 13.0. The lowest BCUT2D eigenvalue weighted by Gasteiger charge is -2.32. The van der Waals surface area contributed by atoms with Gasteiger partial charge in [-0.15, -0.1) is 11.3 Å². The van der Waals surface area contributed by atoms with Crippen molar-refractivity contribution in [2.45, 2.75) is 12.6 Å². The molecule has 2 rings (SSSR count). The summed E-state index contributed by atoms with van der Waals surface area (Å²) >= 11 is 7.47. The fourth-order valence-electron chi connectivity index (χ4n) is 1.91. The number of ether oxygens (including phenoxy) is 1. The largest absolute Gasteiger partial charge is 0.465 e. The van der Waals surface area contributed by atoms with Gasteiger partial charge in [-0.2, -0.15) is 0 Å². The molecule has 1 atom stereocenters. The first-order valence-electron chi connectivity index (χ1n) is 5.68. The van der Waals surface area contributed by atoms with Crippen LogP contribution >= 0.6 is 22.9 Å². The molecule has 0 radical (unpaired) electrons. The van der Waals surface area contributed by atoms with E-state index in [9.17, 15) is 4.79 Å². The van der Waals surface area contributed by atoms with E-state index in [0.29, 0.717) is 13.2 Å². The summed E-state index contributed by atoms with van der Waals surface area (Å²) in [6, 6.07) is 3.92. The Morgan fingerprint density at radius 1 is 1.67 bits per heavy atom. The Morgan fingerprint density at radius 3 is 3.17 bits per heavy atom. The molecule has 0 saturated carbocycles. The predicted molar refractivity (Wildman–Crippen MR) is 70.4 cm³/mol. The lowest BCUT2D eigenvalue weighted by atomic mass is 10.2. The zero-order valence-corrected chi connectivity index (χ0v) is 11.3. The Morgan fingerprint density at radius 2 is 2.50 bits per heavy atom. The number of nitrogens with one attached hydrogen (secondary N) is 1. The van der Waals surface area contributed by atoms with Crippen LogP contribution in [0.25, 0.3) is 0 Å². The standard InChI is InChI=1S/C11H15ClN2O3S/c12-10-2-1-9(18-10)7-14-3-4-17-8(6-14)5-13-11(15)16/h1-2,8,13H,3-7H2,(H,15,16)/t8-/m0/s1. The molecule has 7 heteroatoms. The summed E-state index contributed by atoms with van der Waals surface area (Å²) in [6.07, 6.45) is -1.09. The quantitative estimate of drug-likeness (QED) is 0.889. The van der Waals surface area contributed by atoms with Crippen molar-refractivity contribution in [1.82, 2.24) is 10.2 Å². The fraction of sp³-hybridized carbons (Fsp3) is 0.545.